The fourth-order valence-electron chi connectivity index (χ4n) is 2.82. The molecule has 4 heteroatoms. The maximum atomic E-state index is 4.71. The van der Waals surface area contributed by atoms with Crippen LogP contribution in [0, 0.1) is 5.92 Å². The highest BCUT2D eigenvalue weighted by Crippen LogP contribution is 2.48. The average Bonchev–Trinajstić information content (AvgIpc) is 2.86. The first-order valence-electron chi connectivity index (χ1n) is 8.54. The minimum Gasteiger partial charge on any atom is -0.367 e. The van der Waals surface area contributed by atoms with E-state index >= 15 is 0 Å². The van der Waals surface area contributed by atoms with Gasteiger partial charge in [0.05, 0.1) is 28.5 Å². The first-order valence-corrected chi connectivity index (χ1v) is 9.53. The molecular formula is C17H31N3S. The van der Waals surface area contributed by atoms with E-state index in [0.29, 0.717) is 17.0 Å². The van der Waals surface area contributed by atoms with E-state index in [2.05, 4.69) is 24.2 Å². The third-order valence-corrected chi connectivity index (χ3v) is 6.07. The average molecular weight is 310 g/mol. The Hall–Kier alpha value is -0.510. The minimum atomic E-state index is 0.435. The molecule has 2 fully saturated rings. The van der Waals surface area contributed by atoms with Gasteiger partial charge in [-0.1, -0.05) is 27.7 Å². The van der Waals surface area contributed by atoms with Crippen LogP contribution in [0.3, 0.4) is 0 Å². The lowest BCUT2D eigenvalue weighted by Crippen LogP contribution is -2.50. The molecule has 2 spiro atoms. The Labute approximate surface area is 134 Å². The van der Waals surface area contributed by atoms with E-state index in [4.69, 9.17) is 4.99 Å². The largest absolute Gasteiger partial charge is 0.367 e. The Morgan fingerprint density at radius 2 is 1.81 bits per heavy atom. The second-order valence-electron chi connectivity index (χ2n) is 6.78. The van der Waals surface area contributed by atoms with Gasteiger partial charge in [-0.3, -0.25) is 9.98 Å². The molecule has 0 saturated heterocycles. The van der Waals surface area contributed by atoms with Crippen molar-refractivity contribution in [1.29, 1.82) is 0 Å². The molecule has 0 radical (unpaired) electrons. The summed E-state index contributed by atoms with van der Waals surface area (Å²) in [5, 5.41) is 4.80. The summed E-state index contributed by atoms with van der Waals surface area (Å²) in [6.07, 6.45) is 6.73. The van der Waals surface area contributed by atoms with Crippen molar-refractivity contribution in [2.75, 3.05) is 12.3 Å². The van der Waals surface area contributed by atoms with Crippen molar-refractivity contribution < 1.29 is 0 Å². The molecule has 2 aliphatic heterocycles. The topological polar surface area (TPSA) is 36.8 Å². The molecule has 0 bridgehead atoms. The molecule has 120 valence electrons. The monoisotopic (exact) mass is 309 g/mol. The van der Waals surface area contributed by atoms with E-state index in [1.807, 2.05) is 32.5 Å². The van der Waals surface area contributed by atoms with E-state index in [9.17, 15) is 0 Å². The number of rotatable bonds is 1. The quantitative estimate of drug-likeness (QED) is 0.785. The maximum Gasteiger partial charge on any atom is 0.0937 e. The van der Waals surface area contributed by atoms with Crippen LogP contribution in [0.1, 0.15) is 66.7 Å². The van der Waals surface area contributed by atoms with Crippen molar-refractivity contribution in [2.24, 2.45) is 15.9 Å². The smallest absolute Gasteiger partial charge is 0.0937 e. The van der Waals surface area contributed by atoms with Crippen molar-refractivity contribution in [3.63, 3.8) is 0 Å². The van der Waals surface area contributed by atoms with E-state index < -0.39 is 0 Å². The van der Waals surface area contributed by atoms with Crippen LogP contribution in [0.2, 0.25) is 0 Å². The standard InChI is InChI=1S/C8H13NS.C7H12N2.C2H6/c1-6(2)7-9-8(3-4-8)5-10-7;1-6-8-5-7(9-6)3-2-4-7;1-2/h6H,3-5H2,1-2H3;2-5H2,1H3,(H,8,9);1-2H3. The predicted molar refractivity (Wildman–Crippen MR) is 95.7 cm³/mol. The van der Waals surface area contributed by atoms with E-state index in [-0.39, 0.29) is 0 Å². The summed E-state index contributed by atoms with van der Waals surface area (Å²) in [6.45, 7) is 11.5. The minimum absolute atomic E-state index is 0.435. The number of aliphatic imine (C=N–C) groups is 2. The second kappa shape index (κ2) is 6.72. The molecule has 2 heterocycles. The van der Waals surface area contributed by atoms with Gasteiger partial charge in [0.1, 0.15) is 0 Å². The van der Waals surface area contributed by atoms with Gasteiger partial charge >= 0.3 is 0 Å². The zero-order valence-corrected chi connectivity index (χ0v) is 15.1. The van der Waals surface area contributed by atoms with Gasteiger partial charge in [0.25, 0.3) is 0 Å². The molecule has 0 atom stereocenters. The van der Waals surface area contributed by atoms with Gasteiger partial charge < -0.3 is 5.32 Å². The van der Waals surface area contributed by atoms with Crippen LogP contribution in [0.5, 0.6) is 0 Å². The zero-order chi connectivity index (χ0) is 15.5. The SMILES string of the molecule is CC.CC(C)C1=NC2(CC2)CS1.CC1=NCC2(CCC2)N1. The molecule has 2 saturated carbocycles. The fraction of sp³-hybridized carbons (Fsp3) is 0.882. The molecule has 2 aliphatic carbocycles. The van der Waals surface area contributed by atoms with Crippen molar-refractivity contribution >= 4 is 22.6 Å². The summed E-state index contributed by atoms with van der Waals surface area (Å²) >= 11 is 1.97. The number of thioether (sulfide) groups is 1. The van der Waals surface area contributed by atoms with Gasteiger partial charge in [-0.15, -0.1) is 11.8 Å². The number of nitrogens with zero attached hydrogens (tertiary/aromatic N) is 2. The number of amidine groups is 1. The predicted octanol–water partition coefficient (Wildman–Crippen LogP) is 4.28. The normalized spacial score (nSPS) is 26.0. The fourth-order valence-corrected chi connectivity index (χ4v) is 4.18. The summed E-state index contributed by atoms with van der Waals surface area (Å²) in [4.78, 5) is 9.03. The Morgan fingerprint density at radius 3 is 2.05 bits per heavy atom. The van der Waals surface area contributed by atoms with Gasteiger partial charge in [0, 0.05) is 11.7 Å². The lowest BCUT2D eigenvalue weighted by molar-refractivity contribution is 0.242. The van der Waals surface area contributed by atoms with Gasteiger partial charge in [-0.05, 0) is 39.0 Å². The van der Waals surface area contributed by atoms with Gasteiger partial charge in [0.2, 0.25) is 0 Å². The van der Waals surface area contributed by atoms with Crippen LogP contribution in [0.4, 0.5) is 0 Å². The lowest BCUT2D eigenvalue weighted by atomic mass is 9.77. The first kappa shape index (κ1) is 16.9. The number of nitrogens with one attached hydrogen (secondary N) is 1. The summed E-state index contributed by atoms with van der Waals surface area (Å²) in [5.41, 5.74) is 0.883. The van der Waals surface area contributed by atoms with Gasteiger partial charge in [0.15, 0.2) is 0 Å². The molecule has 0 aromatic carbocycles. The number of hydrogen-bond acceptors (Lipinski definition) is 4. The summed E-state index contributed by atoms with van der Waals surface area (Å²) in [6, 6.07) is 0. The molecule has 0 amide bonds. The zero-order valence-electron chi connectivity index (χ0n) is 14.3. The Bertz CT molecular complexity index is 418. The van der Waals surface area contributed by atoms with Crippen LogP contribution < -0.4 is 5.32 Å². The van der Waals surface area contributed by atoms with Gasteiger partial charge in [-0.25, -0.2) is 0 Å². The molecule has 21 heavy (non-hydrogen) atoms. The molecule has 4 aliphatic rings. The van der Waals surface area contributed by atoms with Crippen LogP contribution in [0.25, 0.3) is 0 Å². The second-order valence-corrected chi connectivity index (χ2v) is 7.77. The third-order valence-electron chi connectivity index (χ3n) is 4.53. The number of hydrogen-bond donors (Lipinski definition) is 1. The highest BCUT2D eigenvalue weighted by atomic mass is 32.2. The van der Waals surface area contributed by atoms with E-state index in [1.54, 1.807) is 0 Å². The van der Waals surface area contributed by atoms with Crippen LogP contribution in [-0.2, 0) is 0 Å². The Kier molecular flexibility index (Phi) is 5.39. The molecule has 1 N–H and O–H groups in total. The summed E-state index contributed by atoms with van der Waals surface area (Å²) in [5.74, 6) is 3.06. The summed E-state index contributed by atoms with van der Waals surface area (Å²) in [7, 11) is 0. The molecule has 3 nitrogen and oxygen atoms in total. The van der Waals surface area contributed by atoms with Crippen LogP contribution >= 0.6 is 11.8 Å². The third kappa shape index (κ3) is 4.02. The first-order chi connectivity index (χ1) is 10.0. The molecule has 0 unspecified atom stereocenters. The Morgan fingerprint density at radius 1 is 1.14 bits per heavy atom. The van der Waals surface area contributed by atoms with Crippen LogP contribution in [0.15, 0.2) is 9.98 Å². The molecule has 0 aromatic heterocycles. The lowest BCUT2D eigenvalue weighted by Gasteiger charge is -2.37. The van der Waals surface area contributed by atoms with Crippen molar-refractivity contribution in [3.8, 4) is 0 Å². The van der Waals surface area contributed by atoms with E-state index in [1.165, 1.54) is 42.9 Å². The van der Waals surface area contributed by atoms with E-state index in [0.717, 1.165) is 12.4 Å². The Balaban J connectivity index is 0.000000138. The van der Waals surface area contributed by atoms with Gasteiger partial charge in [-0.2, -0.15) is 0 Å². The van der Waals surface area contributed by atoms with Crippen molar-refractivity contribution in [2.45, 2.75) is 77.8 Å². The molecule has 4 rings (SSSR count). The summed E-state index contributed by atoms with van der Waals surface area (Å²) < 4.78 is 0. The molecular weight excluding hydrogens is 278 g/mol. The highest BCUT2D eigenvalue weighted by Gasteiger charge is 2.46. The maximum absolute atomic E-state index is 4.71. The van der Waals surface area contributed by atoms with Crippen molar-refractivity contribution in [1.82, 2.24) is 5.32 Å². The van der Waals surface area contributed by atoms with Crippen LogP contribution in [-0.4, -0.2) is 34.3 Å². The molecule has 0 aromatic rings. The highest BCUT2D eigenvalue weighted by molar-refractivity contribution is 8.14. The van der Waals surface area contributed by atoms with Crippen molar-refractivity contribution in [3.05, 3.63) is 0 Å².